The molecule has 1 amide bonds. The van der Waals surface area contributed by atoms with Crippen LogP contribution in [0.15, 0.2) is 0 Å². The molecule has 2 atom stereocenters. The highest BCUT2D eigenvalue weighted by Crippen LogP contribution is 2.27. The van der Waals surface area contributed by atoms with E-state index >= 15 is 0 Å². The van der Waals surface area contributed by atoms with Crippen LogP contribution in [0.3, 0.4) is 0 Å². The standard InChI is InChI=1S/C13H24N2OS.ClH/c1-17-12-4-2-3-11(7-12)15-13(16)9-14-8-10-5-6-10;/h10-12,14H,2-9H2,1H3,(H,15,16);1H. The van der Waals surface area contributed by atoms with Gasteiger partial charge in [-0.2, -0.15) is 11.8 Å². The van der Waals surface area contributed by atoms with Gasteiger partial charge in [-0.05, 0) is 50.8 Å². The molecule has 18 heavy (non-hydrogen) atoms. The molecule has 2 saturated carbocycles. The fourth-order valence-electron chi connectivity index (χ4n) is 2.48. The van der Waals surface area contributed by atoms with Crippen molar-refractivity contribution in [2.24, 2.45) is 5.92 Å². The Morgan fingerprint density at radius 3 is 2.72 bits per heavy atom. The monoisotopic (exact) mass is 292 g/mol. The largest absolute Gasteiger partial charge is 0.352 e. The highest BCUT2D eigenvalue weighted by molar-refractivity contribution is 7.99. The molecule has 5 heteroatoms. The molecular weight excluding hydrogens is 268 g/mol. The van der Waals surface area contributed by atoms with Crippen LogP contribution < -0.4 is 10.6 Å². The van der Waals surface area contributed by atoms with Crippen LogP contribution in [0.1, 0.15) is 38.5 Å². The Bertz CT molecular complexity index is 261. The summed E-state index contributed by atoms with van der Waals surface area (Å²) >= 11 is 1.94. The zero-order valence-electron chi connectivity index (χ0n) is 11.1. The van der Waals surface area contributed by atoms with Gasteiger partial charge in [0.1, 0.15) is 0 Å². The molecular formula is C13H25ClN2OS. The SMILES string of the molecule is CSC1CCCC(NC(=O)CNCC2CC2)C1.Cl. The van der Waals surface area contributed by atoms with Gasteiger partial charge in [0.05, 0.1) is 6.54 Å². The predicted octanol–water partition coefficient (Wildman–Crippen LogP) is 2.20. The molecule has 0 radical (unpaired) electrons. The maximum atomic E-state index is 11.7. The molecule has 0 aromatic carbocycles. The van der Waals surface area contributed by atoms with E-state index in [4.69, 9.17) is 0 Å². The van der Waals surface area contributed by atoms with Crippen LogP contribution in [-0.2, 0) is 4.79 Å². The normalized spacial score (nSPS) is 27.4. The van der Waals surface area contributed by atoms with Crippen LogP contribution in [-0.4, -0.2) is 36.5 Å². The molecule has 3 nitrogen and oxygen atoms in total. The van der Waals surface area contributed by atoms with Crippen LogP contribution >= 0.6 is 24.2 Å². The summed E-state index contributed by atoms with van der Waals surface area (Å²) in [5.74, 6) is 1.02. The molecule has 0 aromatic heterocycles. The summed E-state index contributed by atoms with van der Waals surface area (Å²) in [7, 11) is 0. The molecule has 0 bridgehead atoms. The fraction of sp³-hybridized carbons (Fsp3) is 0.923. The molecule has 2 N–H and O–H groups in total. The third-order valence-electron chi connectivity index (χ3n) is 3.74. The van der Waals surface area contributed by atoms with Crippen molar-refractivity contribution in [1.82, 2.24) is 10.6 Å². The van der Waals surface area contributed by atoms with E-state index in [9.17, 15) is 4.79 Å². The van der Waals surface area contributed by atoms with Gasteiger partial charge in [-0.3, -0.25) is 4.79 Å². The topological polar surface area (TPSA) is 41.1 Å². The second kappa shape index (κ2) is 8.28. The Morgan fingerprint density at radius 1 is 1.28 bits per heavy atom. The van der Waals surface area contributed by atoms with Gasteiger partial charge in [0.25, 0.3) is 0 Å². The third-order valence-corrected chi connectivity index (χ3v) is 4.83. The van der Waals surface area contributed by atoms with Crippen LogP contribution in [0.4, 0.5) is 0 Å². The summed E-state index contributed by atoms with van der Waals surface area (Å²) in [6.07, 6.45) is 9.73. The maximum absolute atomic E-state index is 11.7. The smallest absolute Gasteiger partial charge is 0.234 e. The van der Waals surface area contributed by atoms with Crippen LogP contribution in [0, 0.1) is 5.92 Å². The number of rotatable bonds is 6. The van der Waals surface area contributed by atoms with Gasteiger partial charge < -0.3 is 10.6 Å². The number of halogens is 1. The van der Waals surface area contributed by atoms with Gasteiger partial charge in [0.15, 0.2) is 0 Å². The van der Waals surface area contributed by atoms with E-state index in [1.807, 2.05) is 11.8 Å². The van der Waals surface area contributed by atoms with Crippen LogP contribution in [0.5, 0.6) is 0 Å². The first kappa shape index (κ1) is 16.1. The van der Waals surface area contributed by atoms with E-state index in [0.717, 1.165) is 30.6 Å². The van der Waals surface area contributed by atoms with Gasteiger partial charge in [0, 0.05) is 11.3 Å². The van der Waals surface area contributed by atoms with Crippen molar-refractivity contribution in [1.29, 1.82) is 0 Å². The Hall–Kier alpha value is 0.0700. The highest BCUT2D eigenvalue weighted by atomic mass is 35.5. The Kier molecular flexibility index (Phi) is 7.42. The van der Waals surface area contributed by atoms with E-state index < -0.39 is 0 Å². The zero-order valence-corrected chi connectivity index (χ0v) is 12.7. The average Bonchev–Trinajstić information content (AvgIpc) is 3.13. The second-order valence-electron chi connectivity index (χ2n) is 5.36. The van der Waals surface area contributed by atoms with Crippen molar-refractivity contribution in [3.05, 3.63) is 0 Å². The number of carbonyl (C=O) groups is 1. The van der Waals surface area contributed by atoms with Gasteiger partial charge in [-0.1, -0.05) is 6.42 Å². The summed E-state index contributed by atoms with van der Waals surface area (Å²) in [4.78, 5) is 11.7. The van der Waals surface area contributed by atoms with Crippen molar-refractivity contribution < 1.29 is 4.79 Å². The Labute approximate surface area is 121 Å². The maximum Gasteiger partial charge on any atom is 0.234 e. The zero-order chi connectivity index (χ0) is 12.1. The van der Waals surface area contributed by atoms with E-state index in [1.165, 1.54) is 25.7 Å². The lowest BCUT2D eigenvalue weighted by Gasteiger charge is -2.28. The van der Waals surface area contributed by atoms with E-state index in [0.29, 0.717) is 12.6 Å². The number of hydrogen-bond donors (Lipinski definition) is 2. The predicted molar refractivity (Wildman–Crippen MR) is 80.5 cm³/mol. The molecule has 0 aromatic rings. The summed E-state index contributed by atoms with van der Waals surface area (Å²) in [6.45, 7) is 1.52. The van der Waals surface area contributed by atoms with Crippen LogP contribution in [0.2, 0.25) is 0 Å². The number of nitrogens with one attached hydrogen (secondary N) is 2. The minimum atomic E-state index is 0. The van der Waals surface area contributed by atoms with Crippen LogP contribution in [0.25, 0.3) is 0 Å². The minimum Gasteiger partial charge on any atom is -0.352 e. The first-order chi connectivity index (χ1) is 8.28. The van der Waals surface area contributed by atoms with Gasteiger partial charge in [-0.15, -0.1) is 12.4 Å². The number of carbonyl (C=O) groups excluding carboxylic acids is 1. The molecule has 2 rings (SSSR count). The summed E-state index contributed by atoms with van der Waals surface area (Å²) in [5.41, 5.74) is 0. The minimum absolute atomic E-state index is 0. The van der Waals surface area contributed by atoms with Gasteiger partial charge in [-0.25, -0.2) is 0 Å². The molecule has 0 heterocycles. The van der Waals surface area contributed by atoms with E-state index in [2.05, 4.69) is 16.9 Å². The van der Waals surface area contributed by atoms with Gasteiger partial charge in [0.2, 0.25) is 5.91 Å². The molecule has 2 aliphatic carbocycles. The number of amides is 1. The van der Waals surface area contributed by atoms with E-state index in [1.54, 1.807) is 0 Å². The fourth-order valence-corrected chi connectivity index (χ4v) is 3.31. The Balaban J connectivity index is 0.00000162. The first-order valence-corrected chi connectivity index (χ1v) is 8.09. The quantitative estimate of drug-likeness (QED) is 0.789. The summed E-state index contributed by atoms with van der Waals surface area (Å²) in [6, 6.07) is 0.413. The lowest BCUT2D eigenvalue weighted by molar-refractivity contribution is -0.121. The number of hydrogen-bond acceptors (Lipinski definition) is 3. The summed E-state index contributed by atoms with van der Waals surface area (Å²) in [5, 5.41) is 7.15. The molecule has 0 spiro atoms. The number of thioether (sulfide) groups is 1. The molecule has 2 unspecified atom stereocenters. The van der Waals surface area contributed by atoms with Crippen molar-refractivity contribution >= 4 is 30.1 Å². The molecule has 0 aliphatic heterocycles. The highest BCUT2D eigenvalue weighted by Gasteiger charge is 2.23. The lowest BCUT2D eigenvalue weighted by Crippen LogP contribution is -2.43. The lowest BCUT2D eigenvalue weighted by atomic mass is 9.95. The van der Waals surface area contributed by atoms with Crippen molar-refractivity contribution in [2.45, 2.75) is 49.8 Å². The summed E-state index contributed by atoms with van der Waals surface area (Å²) < 4.78 is 0. The molecule has 106 valence electrons. The van der Waals surface area contributed by atoms with Crippen molar-refractivity contribution in [3.8, 4) is 0 Å². The van der Waals surface area contributed by atoms with Crippen molar-refractivity contribution in [3.63, 3.8) is 0 Å². The van der Waals surface area contributed by atoms with E-state index in [-0.39, 0.29) is 18.3 Å². The molecule has 2 fully saturated rings. The first-order valence-electron chi connectivity index (χ1n) is 6.81. The second-order valence-corrected chi connectivity index (χ2v) is 6.50. The van der Waals surface area contributed by atoms with Crippen molar-refractivity contribution in [2.75, 3.05) is 19.3 Å². The Morgan fingerprint density at radius 2 is 2.06 bits per heavy atom. The third kappa shape index (κ3) is 5.81. The molecule has 2 aliphatic rings. The molecule has 0 saturated heterocycles. The average molecular weight is 293 g/mol. The van der Waals surface area contributed by atoms with Gasteiger partial charge >= 0.3 is 0 Å².